The average molecular weight is 339 g/mol. The fraction of sp³-hybridized carbons (Fsp3) is 0.375. The summed E-state index contributed by atoms with van der Waals surface area (Å²) in [5, 5.41) is 9.94. The second kappa shape index (κ2) is 8.53. The molecule has 0 radical (unpaired) electrons. The van der Waals surface area contributed by atoms with Crippen LogP contribution in [-0.2, 0) is 19.9 Å². The molecular formula is C16H20ClFN4O. The van der Waals surface area contributed by atoms with E-state index in [-0.39, 0.29) is 11.8 Å². The molecule has 1 heterocycles. The van der Waals surface area contributed by atoms with Crippen LogP contribution in [-0.4, -0.2) is 28.9 Å². The fourth-order valence-corrected chi connectivity index (χ4v) is 2.49. The minimum absolute atomic E-state index is 0.261. The molecule has 2 rings (SSSR count). The van der Waals surface area contributed by atoms with Crippen LogP contribution in [0.5, 0.6) is 0 Å². The van der Waals surface area contributed by atoms with E-state index in [1.165, 1.54) is 6.07 Å². The first-order valence-electron chi connectivity index (χ1n) is 7.48. The average Bonchev–Trinajstić information content (AvgIpc) is 2.92. The lowest BCUT2D eigenvalue weighted by atomic mass is 10.1. The highest BCUT2D eigenvalue weighted by atomic mass is 35.5. The van der Waals surface area contributed by atoms with Crippen molar-refractivity contribution in [2.45, 2.75) is 19.3 Å². The van der Waals surface area contributed by atoms with Gasteiger partial charge in [-0.15, -0.1) is 0 Å². The van der Waals surface area contributed by atoms with E-state index in [4.69, 9.17) is 11.6 Å². The zero-order chi connectivity index (χ0) is 16.7. The van der Waals surface area contributed by atoms with Gasteiger partial charge < -0.3 is 10.6 Å². The first-order valence-corrected chi connectivity index (χ1v) is 7.86. The Labute approximate surface area is 139 Å². The standard InChI is InChI=1S/C16H20ClFN4O/c1-22-11-12(10-21-22)4-3-8-19-16(23)20-9-7-13-14(17)5-2-6-15(13)18/h2,5-6,10-11H,3-4,7-9H2,1H3,(H2,19,20,23). The van der Waals surface area contributed by atoms with Gasteiger partial charge in [0.05, 0.1) is 6.20 Å². The summed E-state index contributed by atoms with van der Waals surface area (Å²) in [7, 11) is 1.87. The Morgan fingerprint density at radius 2 is 2.09 bits per heavy atom. The lowest BCUT2D eigenvalue weighted by molar-refractivity contribution is 0.241. The maximum atomic E-state index is 13.6. The SMILES string of the molecule is Cn1cc(CCCNC(=O)NCCc2c(F)cccc2Cl)cn1. The Bertz CT molecular complexity index is 639. The number of urea groups is 1. The van der Waals surface area contributed by atoms with Crippen LogP contribution in [0, 0.1) is 5.82 Å². The molecular weight excluding hydrogens is 319 g/mol. The molecule has 5 nitrogen and oxygen atoms in total. The zero-order valence-corrected chi connectivity index (χ0v) is 13.7. The summed E-state index contributed by atoms with van der Waals surface area (Å²) < 4.78 is 15.3. The third-order valence-corrected chi connectivity index (χ3v) is 3.76. The quantitative estimate of drug-likeness (QED) is 0.763. The van der Waals surface area contributed by atoms with E-state index in [0.29, 0.717) is 30.1 Å². The second-order valence-corrected chi connectivity index (χ2v) is 5.67. The number of hydrogen-bond acceptors (Lipinski definition) is 2. The number of halogens is 2. The van der Waals surface area contributed by atoms with Crippen LogP contribution < -0.4 is 10.6 Å². The molecule has 2 aromatic rings. The lowest BCUT2D eigenvalue weighted by Crippen LogP contribution is -2.37. The van der Waals surface area contributed by atoms with Gasteiger partial charge in [0, 0.05) is 36.9 Å². The molecule has 2 N–H and O–H groups in total. The van der Waals surface area contributed by atoms with Gasteiger partial charge in [-0.1, -0.05) is 17.7 Å². The minimum atomic E-state index is -0.351. The molecule has 1 aromatic carbocycles. The molecule has 1 aromatic heterocycles. The van der Waals surface area contributed by atoms with Crippen molar-refractivity contribution in [3.8, 4) is 0 Å². The number of carbonyl (C=O) groups excluding carboxylic acids is 1. The number of aromatic nitrogens is 2. The number of aryl methyl sites for hydroxylation is 2. The molecule has 0 atom stereocenters. The number of hydrogen-bond donors (Lipinski definition) is 2. The van der Waals surface area contributed by atoms with Crippen LogP contribution in [0.15, 0.2) is 30.6 Å². The number of rotatable bonds is 7. The molecule has 0 aliphatic rings. The summed E-state index contributed by atoms with van der Waals surface area (Å²) in [5.41, 5.74) is 1.56. The van der Waals surface area contributed by atoms with Crippen molar-refractivity contribution >= 4 is 17.6 Å². The van der Waals surface area contributed by atoms with E-state index in [1.54, 1.807) is 16.8 Å². The van der Waals surface area contributed by atoms with Gasteiger partial charge in [-0.2, -0.15) is 5.10 Å². The molecule has 2 amide bonds. The van der Waals surface area contributed by atoms with Crippen LogP contribution in [0.3, 0.4) is 0 Å². The second-order valence-electron chi connectivity index (χ2n) is 5.26. The van der Waals surface area contributed by atoms with Gasteiger partial charge in [0.1, 0.15) is 5.82 Å². The summed E-state index contributed by atoms with van der Waals surface area (Å²) in [6, 6.07) is 4.30. The molecule has 0 unspecified atom stereocenters. The van der Waals surface area contributed by atoms with Crippen LogP contribution in [0.1, 0.15) is 17.5 Å². The van der Waals surface area contributed by atoms with E-state index in [0.717, 1.165) is 18.4 Å². The number of nitrogens with zero attached hydrogens (tertiary/aromatic N) is 2. The van der Waals surface area contributed by atoms with Crippen molar-refractivity contribution in [2.24, 2.45) is 7.05 Å². The molecule has 124 valence electrons. The maximum absolute atomic E-state index is 13.6. The molecule has 0 saturated heterocycles. The molecule has 0 saturated carbocycles. The maximum Gasteiger partial charge on any atom is 0.314 e. The number of benzene rings is 1. The summed E-state index contributed by atoms with van der Waals surface area (Å²) in [6.07, 6.45) is 5.82. The van der Waals surface area contributed by atoms with Crippen molar-refractivity contribution < 1.29 is 9.18 Å². The Morgan fingerprint density at radius 1 is 1.30 bits per heavy atom. The number of amides is 2. The summed E-state index contributed by atoms with van der Waals surface area (Å²) >= 11 is 5.93. The first-order chi connectivity index (χ1) is 11.1. The third kappa shape index (κ3) is 5.56. The van der Waals surface area contributed by atoms with E-state index in [2.05, 4.69) is 15.7 Å². The smallest absolute Gasteiger partial charge is 0.314 e. The summed E-state index contributed by atoms with van der Waals surface area (Å²) in [6.45, 7) is 0.899. The third-order valence-electron chi connectivity index (χ3n) is 3.41. The van der Waals surface area contributed by atoms with Crippen LogP contribution in [0.2, 0.25) is 5.02 Å². The topological polar surface area (TPSA) is 59.0 Å². The highest BCUT2D eigenvalue weighted by Gasteiger charge is 2.07. The van der Waals surface area contributed by atoms with Gasteiger partial charge in [0.2, 0.25) is 0 Å². The molecule has 23 heavy (non-hydrogen) atoms. The molecule has 0 spiro atoms. The monoisotopic (exact) mass is 338 g/mol. The van der Waals surface area contributed by atoms with E-state index in [9.17, 15) is 9.18 Å². The van der Waals surface area contributed by atoms with Gasteiger partial charge in [0.15, 0.2) is 0 Å². The van der Waals surface area contributed by atoms with Crippen molar-refractivity contribution in [1.29, 1.82) is 0 Å². The highest BCUT2D eigenvalue weighted by molar-refractivity contribution is 6.31. The van der Waals surface area contributed by atoms with Crippen LogP contribution in [0.25, 0.3) is 0 Å². The zero-order valence-electron chi connectivity index (χ0n) is 13.0. The van der Waals surface area contributed by atoms with E-state index >= 15 is 0 Å². The minimum Gasteiger partial charge on any atom is -0.338 e. The normalized spacial score (nSPS) is 10.6. The molecule has 0 bridgehead atoms. The first kappa shape index (κ1) is 17.3. The van der Waals surface area contributed by atoms with Gasteiger partial charge in [0.25, 0.3) is 0 Å². The van der Waals surface area contributed by atoms with Crippen molar-refractivity contribution in [3.05, 3.63) is 52.6 Å². The Morgan fingerprint density at radius 3 is 2.78 bits per heavy atom. The largest absolute Gasteiger partial charge is 0.338 e. The highest BCUT2D eigenvalue weighted by Crippen LogP contribution is 2.18. The van der Waals surface area contributed by atoms with Crippen molar-refractivity contribution in [1.82, 2.24) is 20.4 Å². The molecule has 0 aliphatic carbocycles. The summed E-state index contributed by atoms with van der Waals surface area (Å²) in [4.78, 5) is 11.7. The number of carbonyl (C=O) groups is 1. The Kier molecular flexibility index (Phi) is 6.40. The van der Waals surface area contributed by atoms with E-state index in [1.807, 2.05) is 19.4 Å². The van der Waals surface area contributed by atoms with Crippen LogP contribution >= 0.6 is 11.6 Å². The Hall–Kier alpha value is -2.08. The van der Waals surface area contributed by atoms with E-state index < -0.39 is 0 Å². The molecule has 0 fully saturated rings. The lowest BCUT2D eigenvalue weighted by Gasteiger charge is -2.09. The fourth-order valence-electron chi connectivity index (χ4n) is 2.23. The predicted octanol–water partition coefficient (Wildman–Crippen LogP) is 2.69. The molecule has 0 aliphatic heterocycles. The van der Waals surface area contributed by atoms with Crippen molar-refractivity contribution in [2.75, 3.05) is 13.1 Å². The number of nitrogens with one attached hydrogen (secondary N) is 2. The van der Waals surface area contributed by atoms with Crippen molar-refractivity contribution in [3.63, 3.8) is 0 Å². The predicted molar refractivity (Wildman–Crippen MR) is 88.0 cm³/mol. The van der Waals surface area contributed by atoms with Gasteiger partial charge >= 0.3 is 6.03 Å². The van der Waals surface area contributed by atoms with Gasteiger partial charge in [-0.05, 0) is 37.0 Å². The van der Waals surface area contributed by atoms with Gasteiger partial charge in [-0.25, -0.2) is 9.18 Å². The Balaban J connectivity index is 1.62. The molecule has 7 heteroatoms. The van der Waals surface area contributed by atoms with Crippen LogP contribution in [0.4, 0.5) is 9.18 Å². The van der Waals surface area contributed by atoms with Gasteiger partial charge in [-0.3, -0.25) is 4.68 Å². The summed E-state index contributed by atoms with van der Waals surface area (Å²) in [5.74, 6) is -0.351.